The van der Waals surface area contributed by atoms with Crippen LogP contribution >= 0.6 is 0 Å². The molecule has 1 unspecified atom stereocenters. The summed E-state index contributed by atoms with van der Waals surface area (Å²) in [7, 11) is -4.82. The van der Waals surface area contributed by atoms with Gasteiger partial charge in [0.15, 0.2) is 0 Å². The lowest BCUT2D eigenvalue weighted by molar-refractivity contribution is -0.141. The highest BCUT2D eigenvalue weighted by molar-refractivity contribution is 7.83. The van der Waals surface area contributed by atoms with Crippen LogP contribution in [0.3, 0.4) is 0 Å². The Labute approximate surface area is 96.6 Å². The van der Waals surface area contributed by atoms with E-state index in [0.29, 0.717) is 0 Å². The molecule has 11 heteroatoms. The standard InChI is InChI=1S/C6H15NO9S/c8-1-2(9)3(10)4(11)5(12)6(13)7-17(14,15)16/h2-13H,1H2,(H,14,15,16)/t2-,3-,4+,5-,6?/m1/s1. The summed E-state index contributed by atoms with van der Waals surface area (Å²) >= 11 is 0. The summed E-state index contributed by atoms with van der Waals surface area (Å²) in [6.45, 7) is -0.924. The highest BCUT2D eigenvalue weighted by Gasteiger charge is 2.35. The van der Waals surface area contributed by atoms with Crippen molar-refractivity contribution in [2.75, 3.05) is 6.61 Å². The van der Waals surface area contributed by atoms with E-state index in [1.165, 1.54) is 0 Å². The van der Waals surface area contributed by atoms with Crippen LogP contribution in [-0.2, 0) is 10.3 Å². The third-order valence-electron chi connectivity index (χ3n) is 1.87. The third-order valence-corrected chi connectivity index (χ3v) is 2.41. The van der Waals surface area contributed by atoms with Crippen LogP contribution in [0.15, 0.2) is 0 Å². The van der Waals surface area contributed by atoms with Gasteiger partial charge in [0.1, 0.15) is 30.6 Å². The molecule has 0 aliphatic carbocycles. The summed E-state index contributed by atoms with van der Waals surface area (Å²) in [5.41, 5.74) is 0. The van der Waals surface area contributed by atoms with Gasteiger partial charge in [-0.15, -0.1) is 0 Å². The van der Waals surface area contributed by atoms with E-state index in [-0.39, 0.29) is 0 Å². The molecule has 0 fully saturated rings. The number of aliphatic hydroxyl groups excluding tert-OH is 6. The topological polar surface area (TPSA) is 188 Å². The first-order valence-corrected chi connectivity index (χ1v) is 5.80. The fourth-order valence-electron chi connectivity index (χ4n) is 0.947. The quantitative estimate of drug-likeness (QED) is 0.167. The average molecular weight is 277 g/mol. The Morgan fingerprint density at radius 3 is 1.76 bits per heavy atom. The number of rotatable bonds is 7. The van der Waals surface area contributed by atoms with Crippen molar-refractivity contribution in [3.8, 4) is 0 Å². The maximum atomic E-state index is 10.3. The van der Waals surface area contributed by atoms with Gasteiger partial charge in [-0.05, 0) is 0 Å². The summed E-state index contributed by atoms with van der Waals surface area (Å²) < 4.78 is 29.9. The molecule has 0 heterocycles. The highest BCUT2D eigenvalue weighted by Crippen LogP contribution is 2.07. The van der Waals surface area contributed by atoms with E-state index in [9.17, 15) is 18.6 Å². The predicted molar refractivity (Wildman–Crippen MR) is 51.8 cm³/mol. The van der Waals surface area contributed by atoms with Crippen LogP contribution in [0.4, 0.5) is 0 Å². The van der Waals surface area contributed by atoms with Crippen molar-refractivity contribution in [1.29, 1.82) is 0 Å². The van der Waals surface area contributed by atoms with Gasteiger partial charge in [0.25, 0.3) is 0 Å². The zero-order valence-corrected chi connectivity index (χ0v) is 9.27. The fourth-order valence-corrected chi connectivity index (χ4v) is 1.39. The third kappa shape index (κ3) is 5.67. The van der Waals surface area contributed by atoms with Crippen molar-refractivity contribution >= 4 is 10.3 Å². The number of nitrogens with one attached hydrogen (secondary N) is 1. The number of aliphatic hydroxyl groups is 6. The molecule has 0 radical (unpaired) electrons. The smallest absolute Gasteiger partial charge is 0.335 e. The van der Waals surface area contributed by atoms with Gasteiger partial charge >= 0.3 is 10.3 Å². The van der Waals surface area contributed by atoms with Gasteiger partial charge in [0, 0.05) is 0 Å². The monoisotopic (exact) mass is 277 g/mol. The van der Waals surface area contributed by atoms with Crippen molar-refractivity contribution in [1.82, 2.24) is 4.72 Å². The van der Waals surface area contributed by atoms with Gasteiger partial charge < -0.3 is 30.6 Å². The molecule has 0 aromatic heterocycles. The van der Waals surface area contributed by atoms with Gasteiger partial charge in [-0.3, -0.25) is 4.55 Å². The fraction of sp³-hybridized carbons (Fsp3) is 1.00. The first-order chi connectivity index (χ1) is 7.60. The van der Waals surface area contributed by atoms with Crippen molar-refractivity contribution in [2.45, 2.75) is 30.6 Å². The second kappa shape index (κ2) is 6.53. The molecular weight excluding hydrogens is 262 g/mol. The Hall–Kier alpha value is -0.370. The first-order valence-electron chi connectivity index (χ1n) is 4.36. The minimum atomic E-state index is -4.82. The van der Waals surface area contributed by atoms with Crippen LogP contribution in [0.2, 0.25) is 0 Å². The minimum Gasteiger partial charge on any atom is -0.394 e. The molecule has 0 aromatic rings. The second-order valence-corrected chi connectivity index (χ2v) is 4.45. The van der Waals surface area contributed by atoms with Gasteiger partial charge in [-0.1, -0.05) is 0 Å². The van der Waals surface area contributed by atoms with Crippen molar-refractivity contribution in [3.05, 3.63) is 0 Å². The van der Waals surface area contributed by atoms with E-state index >= 15 is 0 Å². The zero-order chi connectivity index (χ0) is 13.8. The van der Waals surface area contributed by atoms with E-state index in [2.05, 4.69) is 0 Å². The largest absolute Gasteiger partial charge is 0.394 e. The molecular formula is C6H15NO9S. The van der Waals surface area contributed by atoms with E-state index < -0.39 is 47.6 Å². The van der Waals surface area contributed by atoms with E-state index in [4.69, 9.17) is 25.0 Å². The second-order valence-electron chi connectivity index (χ2n) is 3.26. The van der Waals surface area contributed by atoms with Crippen LogP contribution in [0.5, 0.6) is 0 Å². The Bertz CT molecular complexity index is 319. The minimum absolute atomic E-state index is 0.924. The Morgan fingerprint density at radius 1 is 0.941 bits per heavy atom. The Balaban J connectivity index is 4.53. The maximum Gasteiger partial charge on any atom is 0.335 e. The Morgan fingerprint density at radius 2 is 1.41 bits per heavy atom. The van der Waals surface area contributed by atoms with Crippen LogP contribution in [0.25, 0.3) is 0 Å². The van der Waals surface area contributed by atoms with Gasteiger partial charge in [-0.2, -0.15) is 13.1 Å². The molecule has 0 aliphatic rings. The highest BCUT2D eigenvalue weighted by atomic mass is 32.2. The maximum absolute atomic E-state index is 10.3. The molecule has 0 aromatic carbocycles. The first kappa shape index (κ1) is 16.6. The van der Waals surface area contributed by atoms with Crippen molar-refractivity contribution < 1.29 is 43.6 Å². The van der Waals surface area contributed by atoms with E-state index in [1.54, 1.807) is 0 Å². The molecule has 5 atom stereocenters. The predicted octanol–water partition coefficient (Wildman–Crippen LogP) is -4.87. The molecule has 0 spiro atoms. The molecule has 8 N–H and O–H groups in total. The molecule has 104 valence electrons. The summed E-state index contributed by atoms with van der Waals surface area (Å²) in [5.74, 6) is 0. The van der Waals surface area contributed by atoms with Gasteiger partial charge in [0.2, 0.25) is 0 Å². The van der Waals surface area contributed by atoms with E-state index in [0.717, 1.165) is 4.72 Å². The summed E-state index contributed by atoms with van der Waals surface area (Å²) in [6, 6.07) is 0. The average Bonchev–Trinajstić information content (AvgIpc) is 2.22. The lowest BCUT2D eigenvalue weighted by Gasteiger charge is -2.28. The summed E-state index contributed by atoms with van der Waals surface area (Å²) in [5, 5.41) is 53.9. The molecule has 0 rings (SSSR count). The molecule has 17 heavy (non-hydrogen) atoms. The summed E-state index contributed by atoms with van der Waals surface area (Å²) in [6.07, 6.45) is -10.5. The molecule has 0 amide bonds. The van der Waals surface area contributed by atoms with Crippen LogP contribution in [0.1, 0.15) is 0 Å². The lowest BCUT2D eigenvalue weighted by Crippen LogP contribution is -2.54. The van der Waals surface area contributed by atoms with Gasteiger partial charge in [0.05, 0.1) is 6.61 Å². The lowest BCUT2D eigenvalue weighted by atomic mass is 10.0. The number of hydrogen-bond acceptors (Lipinski definition) is 8. The number of hydrogen-bond donors (Lipinski definition) is 8. The van der Waals surface area contributed by atoms with Crippen molar-refractivity contribution in [2.24, 2.45) is 0 Å². The van der Waals surface area contributed by atoms with Crippen molar-refractivity contribution in [3.63, 3.8) is 0 Å². The summed E-state index contributed by atoms with van der Waals surface area (Å²) in [4.78, 5) is 0. The molecule has 0 saturated heterocycles. The molecule has 10 nitrogen and oxygen atoms in total. The van der Waals surface area contributed by atoms with Crippen LogP contribution in [-0.4, -0.2) is 80.9 Å². The zero-order valence-electron chi connectivity index (χ0n) is 8.45. The van der Waals surface area contributed by atoms with E-state index in [1.807, 2.05) is 0 Å². The van der Waals surface area contributed by atoms with Crippen LogP contribution in [0, 0.1) is 0 Å². The van der Waals surface area contributed by atoms with Gasteiger partial charge in [-0.25, -0.2) is 0 Å². The molecule has 0 aliphatic heterocycles. The molecule has 0 bridgehead atoms. The normalized spacial score (nSPS) is 21.6. The SMILES string of the molecule is O=S(=O)(O)NC(O)[C@H](O)[C@@H](O)[C@H](O)[C@H](O)CO. The molecule has 0 saturated carbocycles. The Kier molecular flexibility index (Phi) is 6.39. The van der Waals surface area contributed by atoms with Crippen LogP contribution < -0.4 is 4.72 Å².